The molecule has 6 nitrogen and oxygen atoms in total. The minimum Gasteiger partial charge on any atom is -0.486 e. The molecule has 0 saturated carbocycles. The lowest BCUT2D eigenvalue weighted by Crippen LogP contribution is -2.38. The minimum absolute atomic E-state index is 0.0244. The van der Waals surface area contributed by atoms with Crippen LogP contribution in [0, 0.1) is 5.41 Å². The highest BCUT2D eigenvalue weighted by atomic mass is 79.9. The van der Waals surface area contributed by atoms with Gasteiger partial charge in [0.15, 0.2) is 5.78 Å². The molecule has 1 aliphatic heterocycles. The van der Waals surface area contributed by atoms with Gasteiger partial charge in [0.2, 0.25) is 0 Å². The Kier molecular flexibility index (Phi) is 6.52. The summed E-state index contributed by atoms with van der Waals surface area (Å²) in [7, 11) is 0. The number of carbonyl (C=O) groups is 2. The summed E-state index contributed by atoms with van der Waals surface area (Å²) in [5.74, 6) is 0.823. The van der Waals surface area contributed by atoms with Crippen molar-refractivity contribution < 1.29 is 23.5 Å². The van der Waals surface area contributed by atoms with Crippen LogP contribution in [-0.4, -0.2) is 18.4 Å². The quantitative estimate of drug-likeness (QED) is 0.492. The number of rotatable bonds is 6. The van der Waals surface area contributed by atoms with Gasteiger partial charge in [-0.3, -0.25) is 4.79 Å². The number of ketones is 1. The number of benzene rings is 1. The third kappa shape index (κ3) is 4.93. The summed E-state index contributed by atoms with van der Waals surface area (Å²) < 4.78 is 18.2. The molecule has 4 rings (SSSR count). The number of Topliss-reactive ketones (excluding diaryl/α,β-unsaturated/α-hetero) is 1. The van der Waals surface area contributed by atoms with Crippen LogP contribution < -0.4 is 10.1 Å². The summed E-state index contributed by atoms with van der Waals surface area (Å²) in [5, 5.41) is 3.32. The Labute approximate surface area is 202 Å². The Morgan fingerprint density at radius 1 is 1.24 bits per heavy atom. The van der Waals surface area contributed by atoms with Crippen molar-refractivity contribution in [1.29, 1.82) is 0 Å². The average Bonchev–Trinajstić information content (AvgIpc) is 3.19. The van der Waals surface area contributed by atoms with E-state index in [-0.39, 0.29) is 24.4 Å². The molecule has 0 radical (unpaired) electrons. The number of ether oxygens (including phenoxy) is 2. The van der Waals surface area contributed by atoms with Gasteiger partial charge in [-0.25, -0.2) is 4.79 Å². The molecular formula is C26H28BrNO5. The van der Waals surface area contributed by atoms with E-state index in [9.17, 15) is 9.59 Å². The van der Waals surface area contributed by atoms with Gasteiger partial charge < -0.3 is 19.2 Å². The molecule has 7 heteroatoms. The second kappa shape index (κ2) is 9.21. The number of allylic oxidation sites excluding steroid dienone is 3. The maximum Gasteiger partial charge on any atom is 0.336 e. The van der Waals surface area contributed by atoms with E-state index < -0.39 is 11.9 Å². The zero-order valence-corrected chi connectivity index (χ0v) is 20.9. The first-order valence-corrected chi connectivity index (χ1v) is 11.9. The van der Waals surface area contributed by atoms with Crippen LogP contribution in [0.5, 0.6) is 5.75 Å². The first-order chi connectivity index (χ1) is 15.7. The lowest BCUT2D eigenvalue weighted by molar-refractivity contribution is -0.138. The second-order valence-electron chi connectivity index (χ2n) is 9.20. The fourth-order valence-corrected chi connectivity index (χ4v) is 4.92. The van der Waals surface area contributed by atoms with Crippen LogP contribution in [0.4, 0.5) is 0 Å². The number of hydrogen-bond acceptors (Lipinski definition) is 6. The molecule has 1 aromatic carbocycles. The maximum atomic E-state index is 13.3. The molecule has 1 N–H and O–H groups in total. The molecule has 174 valence electrons. The topological polar surface area (TPSA) is 77.8 Å². The summed E-state index contributed by atoms with van der Waals surface area (Å²) in [6.07, 6.45) is 1.14. The van der Waals surface area contributed by atoms with Crippen molar-refractivity contribution >= 4 is 27.7 Å². The summed E-state index contributed by atoms with van der Waals surface area (Å²) in [6.45, 7) is 8.24. The number of dihydropyridines is 1. The largest absolute Gasteiger partial charge is 0.486 e. The van der Waals surface area contributed by atoms with Gasteiger partial charge >= 0.3 is 5.97 Å². The van der Waals surface area contributed by atoms with Gasteiger partial charge in [-0.1, -0.05) is 35.8 Å². The highest BCUT2D eigenvalue weighted by molar-refractivity contribution is 9.10. The zero-order valence-electron chi connectivity index (χ0n) is 19.3. The average molecular weight is 514 g/mol. The van der Waals surface area contributed by atoms with Gasteiger partial charge in [0.05, 0.1) is 18.1 Å². The number of furan rings is 1. The van der Waals surface area contributed by atoms with Gasteiger partial charge in [-0.2, -0.15) is 0 Å². The zero-order chi connectivity index (χ0) is 23.8. The predicted molar refractivity (Wildman–Crippen MR) is 127 cm³/mol. The van der Waals surface area contributed by atoms with Gasteiger partial charge in [0.1, 0.15) is 23.9 Å². The Bertz CT molecular complexity index is 1160. The monoisotopic (exact) mass is 513 g/mol. The highest BCUT2D eigenvalue weighted by Crippen LogP contribution is 2.47. The van der Waals surface area contributed by atoms with Crippen molar-refractivity contribution in [3.63, 3.8) is 0 Å². The Morgan fingerprint density at radius 2 is 2.03 bits per heavy atom. The normalized spacial score (nSPS) is 19.8. The molecule has 1 atom stereocenters. The van der Waals surface area contributed by atoms with Crippen LogP contribution in [0.2, 0.25) is 0 Å². The molecule has 0 amide bonds. The van der Waals surface area contributed by atoms with E-state index in [2.05, 4.69) is 35.1 Å². The molecule has 0 bridgehead atoms. The molecule has 0 fully saturated rings. The summed E-state index contributed by atoms with van der Waals surface area (Å²) in [5.41, 5.74) is 2.40. The number of carbonyl (C=O) groups excluding carboxylic acids is 2. The molecule has 0 spiro atoms. The van der Waals surface area contributed by atoms with E-state index in [0.717, 1.165) is 16.6 Å². The summed E-state index contributed by atoms with van der Waals surface area (Å²) in [4.78, 5) is 26.2. The summed E-state index contributed by atoms with van der Waals surface area (Å²) >= 11 is 3.43. The van der Waals surface area contributed by atoms with Crippen molar-refractivity contribution in [2.45, 2.75) is 53.1 Å². The number of esters is 1. The molecule has 2 aromatic rings. The molecule has 2 aliphatic rings. The molecule has 1 aliphatic carbocycles. The standard InChI is InChI=1S/C26H28BrNO5/c1-5-31-25(30)22-15(2)28-19-12-26(3,4)13-20(29)23(19)24(22)21-10-9-18(33-21)14-32-17-8-6-7-16(27)11-17/h6-11,24,28H,5,12-14H2,1-4H3/t24-/m0/s1. The lowest BCUT2D eigenvalue weighted by atomic mass is 9.69. The fraction of sp³-hybridized carbons (Fsp3) is 0.385. The smallest absolute Gasteiger partial charge is 0.336 e. The number of hydrogen-bond donors (Lipinski definition) is 1. The SMILES string of the molecule is CCOC(=O)C1=C(C)NC2=C(C(=O)CC(C)(C)C2)[C@H]1c1ccc(COc2cccc(Br)c2)o1. The Morgan fingerprint density at radius 3 is 2.76 bits per heavy atom. The van der Waals surface area contributed by atoms with Crippen molar-refractivity contribution in [3.8, 4) is 5.75 Å². The number of halogens is 1. The van der Waals surface area contributed by atoms with E-state index in [1.165, 1.54) is 0 Å². The van der Waals surface area contributed by atoms with Crippen molar-refractivity contribution in [2.24, 2.45) is 5.41 Å². The molecule has 0 unspecified atom stereocenters. The molecule has 1 aromatic heterocycles. The van der Waals surface area contributed by atoms with Gasteiger partial charge in [0.25, 0.3) is 0 Å². The van der Waals surface area contributed by atoms with Gasteiger partial charge in [0, 0.05) is 27.9 Å². The second-order valence-corrected chi connectivity index (χ2v) is 10.1. The Balaban J connectivity index is 1.68. The first kappa shape index (κ1) is 23.4. The van der Waals surface area contributed by atoms with E-state index >= 15 is 0 Å². The van der Waals surface area contributed by atoms with E-state index in [0.29, 0.717) is 40.5 Å². The van der Waals surface area contributed by atoms with E-state index in [1.54, 1.807) is 6.92 Å². The van der Waals surface area contributed by atoms with E-state index in [1.807, 2.05) is 43.3 Å². The predicted octanol–water partition coefficient (Wildman–Crippen LogP) is 5.79. The first-order valence-electron chi connectivity index (χ1n) is 11.1. The van der Waals surface area contributed by atoms with Crippen LogP contribution in [0.1, 0.15) is 58.0 Å². The molecular weight excluding hydrogens is 486 g/mol. The highest BCUT2D eigenvalue weighted by Gasteiger charge is 2.44. The van der Waals surface area contributed by atoms with Gasteiger partial charge in [-0.05, 0) is 56.0 Å². The summed E-state index contributed by atoms with van der Waals surface area (Å²) in [6, 6.07) is 11.2. The van der Waals surface area contributed by atoms with Crippen LogP contribution >= 0.6 is 15.9 Å². The van der Waals surface area contributed by atoms with E-state index in [4.69, 9.17) is 13.9 Å². The van der Waals surface area contributed by atoms with Crippen LogP contribution in [0.3, 0.4) is 0 Å². The van der Waals surface area contributed by atoms with Crippen molar-refractivity contribution in [2.75, 3.05) is 6.61 Å². The number of nitrogens with one attached hydrogen (secondary N) is 1. The van der Waals surface area contributed by atoms with Gasteiger partial charge in [-0.15, -0.1) is 0 Å². The van der Waals surface area contributed by atoms with Crippen LogP contribution in [0.15, 0.2) is 67.8 Å². The maximum absolute atomic E-state index is 13.3. The van der Waals surface area contributed by atoms with Crippen molar-refractivity contribution in [3.05, 3.63) is 74.9 Å². The van der Waals surface area contributed by atoms with Crippen LogP contribution in [-0.2, 0) is 20.9 Å². The molecule has 33 heavy (non-hydrogen) atoms. The molecule has 0 saturated heterocycles. The Hall–Kier alpha value is -2.80. The third-order valence-electron chi connectivity index (χ3n) is 5.88. The molecule has 2 heterocycles. The fourth-order valence-electron chi connectivity index (χ4n) is 4.54. The minimum atomic E-state index is -0.608. The third-order valence-corrected chi connectivity index (χ3v) is 6.37. The van der Waals surface area contributed by atoms with Crippen molar-refractivity contribution in [1.82, 2.24) is 5.32 Å². The lowest BCUT2D eigenvalue weighted by Gasteiger charge is -2.38. The van der Waals surface area contributed by atoms with Crippen LogP contribution in [0.25, 0.3) is 0 Å².